The third-order valence-corrected chi connectivity index (χ3v) is 6.39. The summed E-state index contributed by atoms with van der Waals surface area (Å²) in [6, 6.07) is 0. The van der Waals surface area contributed by atoms with Crippen molar-refractivity contribution >= 4 is 17.7 Å². The number of rotatable bonds is 6. The van der Waals surface area contributed by atoms with Gasteiger partial charge in [0.1, 0.15) is 11.9 Å². The van der Waals surface area contributed by atoms with E-state index in [-0.39, 0.29) is 35.2 Å². The first-order valence-electron chi connectivity index (χ1n) is 8.99. The van der Waals surface area contributed by atoms with E-state index in [2.05, 4.69) is 6.58 Å². The van der Waals surface area contributed by atoms with Crippen molar-refractivity contribution in [2.45, 2.75) is 52.6 Å². The van der Waals surface area contributed by atoms with Gasteiger partial charge < -0.3 is 14.3 Å². The number of hydrogen-bond acceptors (Lipinski definition) is 5. The van der Waals surface area contributed by atoms with E-state index in [0.29, 0.717) is 42.4 Å². The normalized spacial score (nSPS) is 36.4. The van der Waals surface area contributed by atoms with Gasteiger partial charge in [-0.1, -0.05) is 12.7 Å². The number of hydrogen-bond donors (Lipinski definition) is 0. The summed E-state index contributed by atoms with van der Waals surface area (Å²) >= 11 is 0. The largest absolute Gasteiger partial charge is 0.462 e. The minimum Gasteiger partial charge on any atom is -0.462 e. The molecule has 0 N–H and O–H groups in total. The molecule has 1 heterocycles. The lowest BCUT2D eigenvalue weighted by Gasteiger charge is -2.29. The van der Waals surface area contributed by atoms with Crippen molar-refractivity contribution in [3.05, 3.63) is 23.8 Å². The predicted octanol–water partition coefficient (Wildman–Crippen LogP) is 2.99. The number of ketones is 1. The fraction of sp³-hybridized carbons (Fsp3) is 0.650. The maximum atomic E-state index is 12.0. The Balaban J connectivity index is 1.73. The van der Waals surface area contributed by atoms with Gasteiger partial charge in [0.05, 0.1) is 6.61 Å². The molecular formula is C20H26O5. The molecule has 5 heteroatoms. The molecule has 2 aliphatic carbocycles. The van der Waals surface area contributed by atoms with Gasteiger partial charge in [0, 0.05) is 28.9 Å². The van der Waals surface area contributed by atoms with Crippen molar-refractivity contribution in [2.75, 3.05) is 6.61 Å². The molecule has 0 aromatic carbocycles. The Hall–Kier alpha value is -1.91. The number of allylic oxidation sites excluding steroid dienone is 1. The van der Waals surface area contributed by atoms with E-state index < -0.39 is 0 Å². The molecule has 0 aromatic heterocycles. The first kappa shape index (κ1) is 17.9. The van der Waals surface area contributed by atoms with Crippen molar-refractivity contribution in [2.24, 2.45) is 23.2 Å². The second kappa shape index (κ2) is 6.43. The highest BCUT2D eigenvalue weighted by Crippen LogP contribution is 2.70. The Morgan fingerprint density at radius 2 is 2.12 bits per heavy atom. The van der Waals surface area contributed by atoms with Gasteiger partial charge in [-0.15, -0.1) is 0 Å². The van der Waals surface area contributed by atoms with E-state index in [1.165, 1.54) is 0 Å². The number of Topliss-reactive ketones (excluding diaryl/α,β-unsaturated/α-hetero) is 1. The van der Waals surface area contributed by atoms with Crippen LogP contribution >= 0.6 is 0 Å². The molecule has 3 aliphatic rings. The number of carbonyl (C=O) groups is 3. The first-order valence-corrected chi connectivity index (χ1v) is 8.99. The van der Waals surface area contributed by atoms with Crippen molar-refractivity contribution in [1.82, 2.24) is 0 Å². The summed E-state index contributed by atoms with van der Waals surface area (Å²) in [6.45, 7) is 9.35. The Morgan fingerprint density at radius 1 is 1.40 bits per heavy atom. The van der Waals surface area contributed by atoms with E-state index in [9.17, 15) is 14.4 Å². The molecule has 3 fully saturated rings. The summed E-state index contributed by atoms with van der Waals surface area (Å²) < 4.78 is 11.1. The Kier molecular flexibility index (Phi) is 4.60. The third-order valence-electron chi connectivity index (χ3n) is 6.39. The molecular weight excluding hydrogens is 320 g/mol. The lowest BCUT2D eigenvalue weighted by molar-refractivity contribution is -0.145. The van der Waals surface area contributed by atoms with Crippen molar-refractivity contribution in [3.8, 4) is 0 Å². The van der Waals surface area contributed by atoms with Crippen LogP contribution < -0.4 is 0 Å². The minimum absolute atomic E-state index is 0.0703. The SMILES string of the molecule is C=C1C(=O)OC2CC3(COC(=O)C(C)=CC)C(CCC(C)=O)C3CC12. The van der Waals surface area contributed by atoms with Gasteiger partial charge in [-0.2, -0.15) is 0 Å². The van der Waals surface area contributed by atoms with Gasteiger partial charge >= 0.3 is 11.9 Å². The molecule has 3 rings (SSSR count). The average molecular weight is 346 g/mol. The molecule has 0 bridgehead atoms. The molecule has 5 nitrogen and oxygen atoms in total. The van der Waals surface area contributed by atoms with Gasteiger partial charge in [0.15, 0.2) is 0 Å². The molecule has 2 saturated carbocycles. The van der Waals surface area contributed by atoms with Gasteiger partial charge in [-0.3, -0.25) is 0 Å². The third kappa shape index (κ3) is 3.05. The quantitative estimate of drug-likeness (QED) is 0.546. The summed E-state index contributed by atoms with van der Waals surface area (Å²) in [4.78, 5) is 35.2. The zero-order valence-electron chi connectivity index (χ0n) is 15.2. The van der Waals surface area contributed by atoms with E-state index in [4.69, 9.17) is 9.47 Å². The van der Waals surface area contributed by atoms with Crippen LogP contribution in [0.2, 0.25) is 0 Å². The summed E-state index contributed by atoms with van der Waals surface area (Å²) in [6.07, 6.45) is 4.44. The lowest BCUT2D eigenvalue weighted by Crippen LogP contribution is -2.32. The maximum Gasteiger partial charge on any atom is 0.334 e. The van der Waals surface area contributed by atoms with Crippen LogP contribution in [0.5, 0.6) is 0 Å². The molecule has 1 saturated heterocycles. The van der Waals surface area contributed by atoms with Crippen molar-refractivity contribution in [3.63, 3.8) is 0 Å². The van der Waals surface area contributed by atoms with Crippen molar-refractivity contribution < 1.29 is 23.9 Å². The van der Waals surface area contributed by atoms with Crippen LogP contribution in [-0.4, -0.2) is 30.4 Å². The van der Waals surface area contributed by atoms with Crippen LogP contribution in [0.1, 0.15) is 46.5 Å². The Bertz CT molecular complexity index is 661. The maximum absolute atomic E-state index is 12.0. The molecule has 0 spiro atoms. The van der Waals surface area contributed by atoms with Crippen LogP contribution in [0.3, 0.4) is 0 Å². The van der Waals surface area contributed by atoms with E-state index in [0.717, 1.165) is 12.8 Å². The van der Waals surface area contributed by atoms with Crippen LogP contribution in [0.25, 0.3) is 0 Å². The first-order chi connectivity index (χ1) is 11.8. The molecule has 25 heavy (non-hydrogen) atoms. The molecule has 5 atom stereocenters. The number of carbonyl (C=O) groups excluding carboxylic acids is 3. The highest BCUT2D eigenvalue weighted by atomic mass is 16.6. The lowest BCUT2D eigenvalue weighted by atomic mass is 9.78. The van der Waals surface area contributed by atoms with E-state index >= 15 is 0 Å². The number of esters is 2. The van der Waals surface area contributed by atoms with Gasteiger partial charge in [-0.25, -0.2) is 9.59 Å². The molecule has 136 valence electrons. The van der Waals surface area contributed by atoms with Crippen LogP contribution in [0, 0.1) is 23.2 Å². The highest BCUT2D eigenvalue weighted by Gasteiger charge is 2.69. The summed E-state index contributed by atoms with van der Waals surface area (Å²) in [7, 11) is 0. The standard InChI is InChI=1S/C20H26O5/c1-5-11(2)18(22)24-10-20-9-17-14(13(4)19(23)25-17)8-16(20)15(20)7-6-12(3)21/h5,14-17H,4,6-10H2,1-3H3. The topological polar surface area (TPSA) is 69.7 Å². The van der Waals surface area contributed by atoms with Gasteiger partial charge in [0.2, 0.25) is 0 Å². The monoisotopic (exact) mass is 346 g/mol. The van der Waals surface area contributed by atoms with Crippen LogP contribution in [0.4, 0.5) is 0 Å². The second-order valence-corrected chi connectivity index (χ2v) is 7.75. The number of fused-ring (bicyclic) bond motifs is 2. The molecule has 0 radical (unpaired) electrons. The highest BCUT2D eigenvalue weighted by molar-refractivity contribution is 5.91. The fourth-order valence-corrected chi connectivity index (χ4v) is 4.72. The molecule has 0 aromatic rings. The van der Waals surface area contributed by atoms with Gasteiger partial charge in [-0.05, 0) is 51.9 Å². The summed E-state index contributed by atoms with van der Waals surface area (Å²) in [5.74, 6) is 0.346. The smallest absolute Gasteiger partial charge is 0.334 e. The minimum atomic E-state index is -0.303. The average Bonchev–Trinajstić information content (AvgIpc) is 3.11. The molecule has 0 amide bonds. The Morgan fingerprint density at radius 3 is 2.76 bits per heavy atom. The molecule has 1 aliphatic heterocycles. The van der Waals surface area contributed by atoms with Crippen molar-refractivity contribution in [1.29, 1.82) is 0 Å². The zero-order chi connectivity index (χ0) is 18.4. The fourth-order valence-electron chi connectivity index (χ4n) is 4.72. The van der Waals surface area contributed by atoms with Crippen LogP contribution in [0.15, 0.2) is 23.8 Å². The van der Waals surface area contributed by atoms with Gasteiger partial charge in [0.25, 0.3) is 0 Å². The Labute approximate surface area is 148 Å². The van der Waals surface area contributed by atoms with E-state index in [1.807, 2.05) is 0 Å². The molecule has 5 unspecified atom stereocenters. The van der Waals surface area contributed by atoms with Crippen LogP contribution in [-0.2, 0) is 23.9 Å². The second-order valence-electron chi connectivity index (χ2n) is 7.75. The predicted molar refractivity (Wildman–Crippen MR) is 91.5 cm³/mol. The summed E-state index contributed by atoms with van der Waals surface area (Å²) in [5.41, 5.74) is 0.992. The number of ether oxygens (including phenoxy) is 2. The summed E-state index contributed by atoms with van der Waals surface area (Å²) in [5, 5.41) is 0. The van der Waals surface area contributed by atoms with E-state index in [1.54, 1.807) is 26.8 Å². The zero-order valence-corrected chi connectivity index (χ0v) is 15.2.